The number of aliphatic hydroxyl groups is 4. The van der Waals surface area contributed by atoms with E-state index in [2.05, 4.69) is 12.2 Å². The summed E-state index contributed by atoms with van der Waals surface area (Å²) < 4.78 is 0. The van der Waals surface area contributed by atoms with Crippen molar-refractivity contribution in [1.82, 2.24) is 5.32 Å². The summed E-state index contributed by atoms with van der Waals surface area (Å²) in [6.07, 6.45) is 19.0. The van der Waals surface area contributed by atoms with Crippen LogP contribution in [0.1, 0.15) is 116 Å². The molecule has 0 saturated heterocycles. The minimum atomic E-state index is -1.47. The Morgan fingerprint density at radius 2 is 1.00 bits per heavy atom. The van der Waals surface area contributed by atoms with Crippen LogP contribution in [0.3, 0.4) is 0 Å². The number of unbranched alkanes of at least 4 members (excludes halogenated alkanes) is 15. The fourth-order valence-corrected chi connectivity index (χ4v) is 3.69. The summed E-state index contributed by atoms with van der Waals surface area (Å²) in [5.74, 6) is 0. The van der Waals surface area contributed by atoms with E-state index in [0.717, 1.165) is 19.4 Å². The average Bonchev–Trinajstić information content (AvgIpc) is 2.68. The molecule has 6 heteroatoms. The zero-order chi connectivity index (χ0) is 20.9. The molecule has 0 aliphatic heterocycles. The van der Waals surface area contributed by atoms with E-state index in [4.69, 9.17) is 15.3 Å². The Bertz CT molecular complexity index is 309. The molecule has 0 aliphatic carbocycles. The molecule has 0 aromatic heterocycles. The maximum atomic E-state index is 9.67. The summed E-state index contributed by atoms with van der Waals surface area (Å²) in [6.45, 7) is 2.63. The van der Waals surface area contributed by atoms with E-state index in [1.165, 1.54) is 89.9 Å². The van der Waals surface area contributed by atoms with Crippen LogP contribution in [0.2, 0.25) is 0 Å². The molecule has 0 bridgehead atoms. The van der Waals surface area contributed by atoms with Gasteiger partial charge in [-0.25, -0.2) is 0 Å². The number of hydrogen-bond donors (Lipinski definition) is 5. The molecule has 0 saturated carbocycles. The van der Waals surface area contributed by atoms with Gasteiger partial charge in [0, 0.05) is 12.5 Å². The zero-order valence-corrected chi connectivity index (χ0v) is 19.7. The van der Waals surface area contributed by atoms with Crippen LogP contribution in [-0.4, -0.2) is 52.0 Å². The van der Waals surface area contributed by atoms with Crippen molar-refractivity contribution in [1.29, 1.82) is 0 Å². The van der Waals surface area contributed by atoms with Crippen LogP contribution < -0.4 is 5.32 Å². The first-order valence-corrected chi connectivity index (χ1v) is 12.0. The molecule has 2 unspecified atom stereocenters. The van der Waals surface area contributed by atoms with Crippen molar-refractivity contribution >= 4 is 12.4 Å². The number of rotatable bonds is 22. The number of nitrogens with one attached hydrogen (secondary N) is 1. The lowest BCUT2D eigenvalue weighted by Crippen LogP contribution is -2.44. The second-order valence-corrected chi connectivity index (χ2v) is 8.33. The summed E-state index contributed by atoms with van der Waals surface area (Å²) in [7, 11) is 0. The van der Waals surface area contributed by atoms with Crippen LogP contribution in [0.15, 0.2) is 0 Å². The summed E-state index contributed by atoms with van der Waals surface area (Å²) >= 11 is 0. The average molecular weight is 440 g/mol. The monoisotopic (exact) mass is 439 g/mol. The summed E-state index contributed by atoms with van der Waals surface area (Å²) in [6, 6.07) is -0.471. The molecule has 5 nitrogen and oxygen atoms in total. The SMILES string of the molecule is CCCCCCCCCCCCCCCCCCNC(CC(O)O)C(O)CO.Cl. The Balaban J connectivity index is 0. The van der Waals surface area contributed by atoms with Gasteiger partial charge in [-0.2, -0.15) is 0 Å². The Labute approximate surface area is 186 Å². The van der Waals surface area contributed by atoms with Gasteiger partial charge in [-0.3, -0.25) is 0 Å². The lowest BCUT2D eigenvalue weighted by atomic mass is 10.0. The lowest BCUT2D eigenvalue weighted by molar-refractivity contribution is -0.0654. The molecule has 0 heterocycles. The fourth-order valence-electron chi connectivity index (χ4n) is 3.69. The van der Waals surface area contributed by atoms with Gasteiger partial charge in [0.1, 0.15) is 0 Å². The maximum Gasteiger partial charge on any atom is 0.153 e. The Morgan fingerprint density at radius 3 is 1.34 bits per heavy atom. The summed E-state index contributed by atoms with van der Waals surface area (Å²) in [4.78, 5) is 0. The molecule has 0 rings (SSSR count). The van der Waals surface area contributed by atoms with Crippen molar-refractivity contribution in [2.45, 2.75) is 135 Å². The van der Waals surface area contributed by atoms with Crippen LogP contribution in [0.4, 0.5) is 0 Å². The van der Waals surface area contributed by atoms with E-state index < -0.39 is 18.4 Å². The molecule has 2 atom stereocenters. The summed E-state index contributed by atoms with van der Waals surface area (Å²) in [5, 5.41) is 39.9. The quantitative estimate of drug-likeness (QED) is 0.125. The summed E-state index contributed by atoms with van der Waals surface area (Å²) in [5.41, 5.74) is 0. The number of hydrogen-bond acceptors (Lipinski definition) is 5. The molecule has 0 amide bonds. The molecule has 0 aliphatic rings. The van der Waals surface area contributed by atoms with Crippen molar-refractivity contribution in [3.05, 3.63) is 0 Å². The Hall–Kier alpha value is 0.0900. The highest BCUT2D eigenvalue weighted by Crippen LogP contribution is 2.13. The molecular formula is C23H50ClNO4. The van der Waals surface area contributed by atoms with Gasteiger partial charge in [0.25, 0.3) is 0 Å². The molecule has 0 aromatic rings. The first-order valence-electron chi connectivity index (χ1n) is 12.0. The third kappa shape index (κ3) is 22.6. The smallest absolute Gasteiger partial charge is 0.153 e. The van der Waals surface area contributed by atoms with E-state index in [1.54, 1.807) is 0 Å². The van der Waals surface area contributed by atoms with Gasteiger partial charge in [-0.15, -0.1) is 12.4 Å². The molecular weight excluding hydrogens is 390 g/mol. The predicted molar refractivity (Wildman–Crippen MR) is 125 cm³/mol. The van der Waals surface area contributed by atoms with Gasteiger partial charge in [-0.05, 0) is 13.0 Å². The third-order valence-electron chi connectivity index (χ3n) is 5.55. The molecule has 0 aromatic carbocycles. The Morgan fingerprint density at radius 1 is 0.621 bits per heavy atom. The van der Waals surface area contributed by atoms with Crippen LogP contribution >= 0.6 is 12.4 Å². The van der Waals surface area contributed by atoms with Gasteiger partial charge in [0.2, 0.25) is 0 Å². The normalized spacial score (nSPS) is 13.4. The second-order valence-electron chi connectivity index (χ2n) is 8.33. The highest BCUT2D eigenvalue weighted by molar-refractivity contribution is 5.85. The molecule has 29 heavy (non-hydrogen) atoms. The van der Waals surface area contributed by atoms with Crippen molar-refractivity contribution < 1.29 is 20.4 Å². The fraction of sp³-hybridized carbons (Fsp3) is 1.00. The molecule has 0 radical (unpaired) electrons. The molecule has 178 valence electrons. The molecule has 5 N–H and O–H groups in total. The van der Waals surface area contributed by atoms with E-state index in [-0.39, 0.29) is 25.4 Å². The minimum absolute atomic E-state index is 0. The van der Waals surface area contributed by atoms with E-state index in [0.29, 0.717) is 0 Å². The topological polar surface area (TPSA) is 93.0 Å². The highest BCUT2D eigenvalue weighted by Gasteiger charge is 2.20. The maximum absolute atomic E-state index is 9.67. The van der Waals surface area contributed by atoms with E-state index in [9.17, 15) is 5.11 Å². The number of aliphatic hydroxyl groups excluding tert-OH is 3. The van der Waals surface area contributed by atoms with E-state index in [1.807, 2.05) is 0 Å². The van der Waals surface area contributed by atoms with Gasteiger partial charge in [0.05, 0.1) is 12.7 Å². The van der Waals surface area contributed by atoms with Crippen LogP contribution in [0, 0.1) is 0 Å². The van der Waals surface area contributed by atoms with Crippen LogP contribution in [0.5, 0.6) is 0 Å². The van der Waals surface area contributed by atoms with Crippen LogP contribution in [-0.2, 0) is 0 Å². The first-order chi connectivity index (χ1) is 13.6. The highest BCUT2D eigenvalue weighted by atomic mass is 35.5. The van der Waals surface area contributed by atoms with Gasteiger partial charge >= 0.3 is 0 Å². The van der Waals surface area contributed by atoms with E-state index >= 15 is 0 Å². The van der Waals surface area contributed by atoms with Gasteiger partial charge in [-0.1, -0.05) is 103 Å². The third-order valence-corrected chi connectivity index (χ3v) is 5.55. The largest absolute Gasteiger partial charge is 0.394 e. The van der Waals surface area contributed by atoms with Crippen molar-refractivity contribution in [3.8, 4) is 0 Å². The van der Waals surface area contributed by atoms with Gasteiger partial charge < -0.3 is 25.7 Å². The zero-order valence-electron chi connectivity index (χ0n) is 18.9. The number of halogens is 1. The molecule has 0 spiro atoms. The molecule has 0 fully saturated rings. The van der Waals surface area contributed by atoms with Gasteiger partial charge in [0.15, 0.2) is 6.29 Å². The predicted octanol–water partition coefficient (Wildman–Crippen LogP) is 4.68. The standard InChI is InChI=1S/C23H49NO4.ClH/c1-2-3-4-5-6-7-8-9-10-11-12-13-14-15-16-17-18-24-21(19-23(27)28)22(26)20-25;/h21-28H,2-20H2,1H3;1H. The van der Waals surface area contributed by atoms with Crippen molar-refractivity contribution in [2.24, 2.45) is 0 Å². The second kappa shape index (κ2) is 24.4. The van der Waals surface area contributed by atoms with Crippen molar-refractivity contribution in [2.75, 3.05) is 13.2 Å². The van der Waals surface area contributed by atoms with Crippen molar-refractivity contribution in [3.63, 3.8) is 0 Å². The minimum Gasteiger partial charge on any atom is -0.394 e. The Kier molecular flexibility index (Phi) is 26.3. The lowest BCUT2D eigenvalue weighted by Gasteiger charge is -2.23. The first kappa shape index (κ1) is 31.3. The van der Waals surface area contributed by atoms with Crippen LogP contribution in [0.25, 0.3) is 0 Å².